The number of carbonyl (C=O) groups is 1. The minimum atomic E-state index is 0.118. The Morgan fingerprint density at radius 1 is 0.857 bits per heavy atom. The van der Waals surface area contributed by atoms with E-state index < -0.39 is 0 Å². The Balaban J connectivity index is 1.29. The summed E-state index contributed by atoms with van der Waals surface area (Å²) in [5, 5.41) is 4.12. The number of ketones is 1. The predicted molar refractivity (Wildman–Crippen MR) is 138 cm³/mol. The molecule has 0 saturated carbocycles. The molecule has 0 radical (unpaired) electrons. The third kappa shape index (κ3) is 4.31. The lowest BCUT2D eigenvalue weighted by molar-refractivity contribution is 0.0992. The van der Waals surface area contributed by atoms with Crippen LogP contribution >= 0.6 is 0 Å². The molecule has 1 N–H and O–H groups in total. The van der Waals surface area contributed by atoms with Crippen LogP contribution in [0, 0.1) is 0 Å². The fourth-order valence-corrected chi connectivity index (χ4v) is 4.79. The average molecular weight is 466 g/mol. The van der Waals surface area contributed by atoms with Gasteiger partial charge in [-0.3, -0.25) is 4.79 Å². The third-order valence-corrected chi connectivity index (χ3v) is 6.78. The monoisotopic (exact) mass is 465 g/mol. The summed E-state index contributed by atoms with van der Waals surface area (Å²) in [7, 11) is 2.16. The van der Waals surface area contributed by atoms with Crippen LogP contribution in [0.5, 0.6) is 11.6 Å². The number of piperazine rings is 1. The second-order valence-electron chi connectivity index (χ2n) is 9.15. The number of aromatic nitrogens is 2. The number of Topliss-reactive ketones (excluding diaryl/α,β-unsaturated/α-hetero) is 1. The zero-order valence-electron chi connectivity index (χ0n) is 19.7. The number of fused-ring (bicyclic) bond motifs is 2. The van der Waals surface area contributed by atoms with Gasteiger partial charge in [-0.25, -0.2) is 4.98 Å². The molecule has 0 spiro atoms. The molecule has 7 heteroatoms. The number of carbonyl (C=O) groups excluding carboxylic acids is 1. The first-order valence-corrected chi connectivity index (χ1v) is 12.0. The Kier molecular flexibility index (Phi) is 5.54. The van der Waals surface area contributed by atoms with E-state index in [1.807, 2.05) is 42.5 Å². The smallest absolute Gasteiger partial charge is 0.232 e. The molecule has 0 amide bonds. The van der Waals surface area contributed by atoms with Crippen LogP contribution in [-0.2, 0) is 6.42 Å². The second kappa shape index (κ2) is 9.00. The largest absolute Gasteiger partial charge is 0.437 e. The molecule has 4 aromatic rings. The van der Waals surface area contributed by atoms with Crippen molar-refractivity contribution in [1.82, 2.24) is 14.9 Å². The van der Waals surface area contributed by atoms with Gasteiger partial charge in [0, 0.05) is 44.0 Å². The molecule has 1 aliphatic carbocycles. The van der Waals surface area contributed by atoms with Gasteiger partial charge in [-0.2, -0.15) is 4.98 Å². The molecule has 1 saturated heterocycles. The van der Waals surface area contributed by atoms with Crippen molar-refractivity contribution in [2.24, 2.45) is 0 Å². The molecule has 1 aliphatic heterocycles. The number of likely N-dealkylation sites (N-methyl/N-ethyl adjacent to an activating group) is 1. The number of rotatable bonds is 5. The van der Waals surface area contributed by atoms with Crippen LogP contribution in [0.2, 0.25) is 0 Å². The normalized spacial score (nSPS) is 15.9. The van der Waals surface area contributed by atoms with E-state index in [0.717, 1.165) is 54.8 Å². The second-order valence-corrected chi connectivity index (χ2v) is 9.15. The van der Waals surface area contributed by atoms with E-state index in [-0.39, 0.29) is 5.78 Å². The van der Waals surface area contributed by atoms with Gasteiger partial charge in [-0.1, -0.05) is 24.3 Å². The van der Waals surface area contributed by atoms with Crippen molar-refractivity contribution in [1.29, 1.82) is 0 Å². The molecule has 1 aromatic heterocycles. The fourth-order valence-electron chi connectivity index (χ4n) is 4.79. The summed E-state index contributed by atoms with van der Waals surface area (Å²) < 4.78 is 6.27. The molecule has 0 unspecified atom stereocenters. The van der Waals surface area contributed by atoms with E-state index in [1.165, 1.54) is 5.69 Å². The van der Waals surface area contributed by atoms with Crippen molar-refractivity contribution < 1.29 is 9.53 Å². The van der Waals surface area contributed by atoms with Gasteiger partial charge >= 0.3 is 0 Å². The van der Waals surface area contributed by atoms with Crippen LogP contribution in [-0.4, -0.2) is 53.9 Å². The van der Waals surface area contributed by atoms with Crippen molar-refractivity contribution in [3.8, 4) is 11.6 Å². The lowest BCUT2D eigenvalue weighted by Crippen LogP contribution is -2.44. The van der Waals surface area contributed by atoms with E-state index in [2.05, 4.69) is 46.4 Å². The first-order chi connectivity index (χ1) is 17.1. The van der Waals surface area contributed by atoms with Crippen molar-refractivity contribution >= 4 is 34.0 Å². The van der Waals surface area contributed by atoms with Gasteiger partial charge in [0.2, 0.25) is 11.8 Å². The van der Waals surface area contributed by atoms with E-state index in [9.17, 15) is 4.79 Å². The summed E-state index contributed by atoms with van der Waals surface area (Å²) in [6, 6.07) is 21.9. The number of ether oxygens (including phenoxy) is 1. The molecule has 176 valence electrons. The van der Waals surface area contributed by atoms with E-state index in [0.29, 0.717) is 29.6 Å². The average Bonchev–Trinajstić information content (AvgIpc) is 3.27. The summed E-state index contributed by atoms with van der Waals surface area (Å²) in [5.74, 6) is 1.55. The Morgan fingerprint density at radius 2 is 1.66 bits per heavy atom. The van der Waals surface area contributed by atoms with Gasteiger partial charge in [-0.15, -0.1) is 0 Å². The quantitative estimate of drug-likeness (QED) is 0.442. The van der Waals surface area contributed by atoms with Crippen LogP contribution < -0.4 is 15.0 Å². The molecule has 35 heavy (non-hydrogen) atoms. The molecular weight excluding hydrogens is 438 g/mol. The number of hydrogen-bond donors (Lipinski definition) is 1. The van der Waals surface area contributed by atoms with Gasteiger partial charge in [0.05, 0.1) is 16.5 Å². The minimum Gasteiger partial charge on any atom is -0.437 e. The van der Waals surface area contributed by atoms with Gasteiger partial charge in [-0.05, 0) is 61.5 Å². The number of para-hydroxylation sites is 1. The summed E-state index contributed by atoms with van der Waals surface area (Å²) in [4.78, 5) is 26.6. The van der Waals surface area contributed by atoms with E-state index in [4.69, 9.17) is 14.7 Å². The van der Waals surface area contributed by atoms with Gasteiger partial charge in [0.1, 0.15) is 5.75 Å². The zero-order valence-corrected chi connectivity index (χ0v) is 19.7. The van der Waals surface area contributed by atoms with E-state index >= 15 is 0 Å². The molecule has 0 bridgehead atoms. The number of aryl methyl sites for hydroxylation is 1. The number of anilines is 3. The van der Waals surface area contributed by atoms with Crippen molar-refractivity contribution in [2.75, 3.05) is 43.4 Å². The molecule has 7 nitrogen and oxygen atoms in total. The molecular formula is C28H27N5O2. The van der Waals surface area contributed by atoms with E-state index in [1.54, 1.807) is 0 Å². The Morgan fingerprint density at radius 3 is 2.49 bits per heavy atom. The lowest BCUT2D eigenvalue weighted by atomic mass is 10.1. The first-order valence-electron chi connectivity index (χ1n) is 12.0. The van der Waals surface area contributed by atoms with Crippen molar-refractivity contribution in [3.63, 3.8) is 0 Å². The fraction of sp³-hybridized carbons (Fsp3) is 0.250. The van der Waals surface area contributed by atoms with Gasteiger partial charge in [0.25, 0.3) is 0 Å². The predicted octanol–water partition coefficient (Wildman–Crippen LogP) is 5.05. The number of nitrogens with zero attached hydrogens (tertiary/aromatic N) is 4. The topological polar surface area (TPSA) is 70.6 Å². The molecule has 2 heterocycles. The number of benzene rings is 3. The lowest BCUT2D eigenvalue weighted by Gasteiger charge is -2.34. The summed E-state index contributed by atoms with van der Waals surface area (Å²) in [6.45, 7) is 4.21. The Bertz CT molecular complexity index is 1390. The Labute approximate surface area is 204 Å². The van der Waals surface area contributed by atoms with Crippen LogP contribution in [0.1, 0.15) is 22.3 Å². The zero-order chi connectivity index (χ0) is 23.8. The Hall–Kier alpha value is -3.97. The summed E-state index contributed by atoms with van der Waals surface area (Å²) in [5.41, 5.74) is 4.59. The minimum absolute atomic E-state index is 0.118. The van der Waals surface area contributed by atoms with Crippen LogP contribution in [0.3, 0.4) is 0 Å². The SMILES string of the molecule is CN1CCN(c2ccc(Nc3nc(Oc4cccc5c4C(=O)CC5)c4ccccc4n3)cc2)CC1. The van der Waals surface area contributed by atoms with Crippen LogP contribution in [0.15, 0.2) is 66.7 Å². The van der Waals surface area contributed by atoms with Gasteiger partial charge < -0.3 is 19.9 Å². The summed E-state index contributed by atoms with van der Waals surface area (Å²) >= 11 is 0. The maximum Gasteiger partial charge on any atom is 0.232 e. The summed E-state index contributed by atoms with van der Waals surface area (Å²) in [6.07, 6.45) is 1.28. The van der Waals surface area contributed by atoms with Crippen molar-refractivity contribution in [3.05, 3.63) is 77.9 Å². The number of hydrogen-bond acceptors (Lipinski definition) is 7. The highest BCUT2D eigenvalue weighted by Crippen LogP contribution is 2.35. The molecule has 3 aromatic carbocycles. The molecule has 0 atom stereocenters. The first kappa shape index (κ1) is 21.6. The van der Waals surface area contributed by atoms with Crippen LogP contribution in [0.4, 0.5) is 17.3 Å². The highest BCUT2D eigenvalue weighted by molar-refractivity contribution is 6.03. The third-order valence-electron chi connectivity index (χ3n) is 6.78. The molecule has 1 fully saturated rings. The number of nitrogens with one attached hydrogen (secondary N) is 1. The standard InChI is InChI=1S/C28H27N5O2/c1-32-15-17-33(18-16-32)21-12-10-20(11-13-21)29-28-30-23-7-3-2-6-22(23)27(31-28)35-25-8-4-5-19-9-14-24(34)26(19)25/h2-8,10-13H,9,14-18H2,1H3,(H,29,30,31). The maximum atomic E-state index is 12.5. The van der Waals surface area contributed by atoms with Crippen LogP contribution in [0.25, 0.3) is 10.9 Å². The highest BCUT2D eigenvalue weighted by atomic mass is 16.5. The molecule has 6 rings (SSSR count). The molecule has 2 aliphatic rings. The highest BCUT2D eigenvalue weighted by Gasteiger charge is 2.24. The van der Waals surface area contributed by atoms with Crippen molar-refractivity contribution in [2.45, 2.75) is 12.8 Å². The van der Waals surface area contributed by atoms with Gasteiger partial charge in [0.15, 0.2) is 5.78 Å². The maximum absolute atomic E-state index is 12.5.